The van der Waals surface area contributed by atoms with Gasteiger partial charge in [0, 0.05) is 18.7 Å². The van der Waals surface area contributed by atoms with Gasteiger partial charge in [0.15, 0.2) is 0 Å². The number of methoxy groups -OCH3 is 1. The molecule has 2 heterocycles. The molecule has 0 saturated carbocycles. The van der Waals surface area contributed by atoms with Crippen LogP contribution in [0.5, 0.6) is 0 Å². The number of benzene rings is 1. The fraction of sp³-hybridized carbons (Fsp3) is 0.211. The number of hydrogen-bond acceptors (Lipinski definition) is 7. The summed E-state index contributed by atoms with van der Waals surface area (Å²) in [5.41, 5.74) is 0.427. The highest BCUT2D eigenvalue weighted by atomic mass is 32.2. The smallest absolute Gasteiger partial charge is 0.272 e. The third kappa shape index (κ3) is 5.20. The van der Waals surface area contributed by atoms with Gasteiger partial charge >= 0.3 is 0 Å². The van der Waals surface area contributed by atoms with Crippen molar-refractivity contribution in [3.8, 4) is 11.3 Å². The van der Waals surface area contributed by atoms with Gasteiger partial charge in [-0.05, 0) is 42.5 Å². The van der Waals surface area contributed by atoms with Gasteiger partial charge in [-0.25, -0.2) is 18.2 Å². The molecule has 0 spiro atoms. The number of primary sulfonamides is 1. The zero-order chi connectivity index (χ0) is 21.7. The summed E-state index contributed by atoms with van der Waals surface area (Å²) in [5, 5.41) is 11.8. The van der Waals surface area contributed by atoms with Crippen LogP contribution in [-0.4, -0.2) is 37.8 Å². The van der Waals surface area contributed by atoms with Crippen LogP contribution in [0.15, 0.2) is 62.6 Å². The van der Waals surface area contributed by atoms with E-state index in [-0.39, 0.29) is 29.2 Å². The number of ether oxygens (including phenoxy) is 1. The fourth-order valence-electron chi connectivity index (χ4n) is 2.60. The van der Waals surface area contributed by atoms with Crippen LogP contribution in [0.2, 0.25) is 0 Å². The Kier molecular flexibility index (Phi) is 6.45. The molecule has 2 aromatic heterocycles. The Morgan fingerprint density at radius 1 is 1.17 bits per heavy atom. The Bertz CT molecular complexity index is 1200. The van der Waals surface area contributed by atoms with E-state index in [1.165, 1.54) is 31.4 Å². The van der Waals surface area contributed by atoms with Crippen LogP contribution in [0.1, 0.15) is 16.2 Å². The first-order valence-corrected chi connectivity index (χ1v) is 10.4. The third-order valence-corrected chi connectivity index (χ3v) is 5.09. The molecule has 0 aliphatic heterocycles. The van der Waals surface area contributed by atoms with Gasteiger partial charge in [-0.3, -0.25) is 9.59 Å². The number of furan rings is 1. The van der Waals surface area contributed by atoms with E-state index in [9.17, 15) is 18.0 Å². The lowest BCUT2D eigenvalue weighted by Gasteiger charge is -2.07. The summed E-state index contributed by atoms with van der Waals surface area (Å²) >= 11 is 0. The Morgan fingerprint density at radius 2 is 1.90 bits per heavy atom. The predicted octanol–water partition coefficient (Wildman–Crippen LogP) is 0.727. The van der Waals surface area contributed by atoms with E-state index in [2.05, 4.69) is 10.4 Å². The summed E-state index contributed by atoms with van der Waals surface area (Å²) in [6, 6.07) is 11.9. The quantitative estimate of drug-likeness (QED) is 0.533. The van der Waals surface area contributed by atoms with Crippen molar-refractivity contribution in [2.75, 3.05) is 13.7 Å². The van der Waals surface area contributed by atoms with E-state index in [0.29, 0.717) is 23.7 Å². The van der Waals surface area contributed by atoms with Gasteiger partial charge in [0.05, 0.1) is 24.6 Å². The van der Waals surface area contributed by atoms with Crippen molar-refractivity contribution < 1.29 is 22.4 Å². The minimum atomic E-state index is -3.76. The number of hydrogen-bond donors (Lipinski definition) is 2. The molecule has 158 valence electrons. The van der Waals surface area contributed by atoms with E-state index < -0.39 is 15.9 Å². The minimum Gasteiger partial charge on any atom is -0.459 e. The van der Waals surface area contributed by atoms with E-state index in [1.807, 2.05) is 0 Å². The first kappa shape index (κ1) is 21.4. The van der Waals surface area contributed by atoms with Gasteiger partial charge in [-0.2, -0.15) is 5.10 Å². The lowest BCUT2D eigenvalue weighted by atomic mass is 10.2. The number of nitrogens with two attached hydrogens (primary N) is 1. The molecule has 0 aliphatic rings. The number of nitrogens with one attached hydrogen (secondary N) is 1. The normalized spacial score (nSPS) is 11.4. The van der Waals surface area contributed by atoms with Crippen LogP contribution in [0.4, 0.5) is 0 Å². The molecule has 1 amide bonds. The van der Waals surface area contributed by atoms with E-state index in [1.54, 1.807) is 24.3 Å². The Hall–Kier alpha value is -3.28. The second kappa shape index (κ2) is 9.03. The Labute approximate surface area is 172 Å². The molecule has 3 rings (SSSR count). The molecule has 10 nitrogen and oxygen atoms in total. The minimum absolute atomic E-state index is 0.00429. The molecule has 3 N–H and O–H groups in total. The van der Waals surface area contributed by atoms with Crippen LogP contribution in [-0.2, 0) is 27.8 Å². The van der Waals surface area contributed by atoms with Gasteiger partial charge in [0.2, 0.25) is 10.0 Å². The molecule has 30 heavy (non-hydrogen) atoms. The molecule has 0 unspecified atom stereocenters. The van der Waals surface area contributed by atoms with Gasteiger partial charge in [0.25, 0.3) is 11.5 Å². The first-order valence-electron chi connectivity index (χ1n) is 8.85. The van der Waals surface area contributed by atoms with Crippen LogP contribution in [0, 0.1) is 0 Å². The maximum absolute atomic E-state index is 12.3. The number of carbonyl (C=O) groups is 1. The van der Waals surface area contributed by atoms with E-state index in [4.69, 9.17) is 14.3 Å². The van der Waals surface area contributed by atoms with Crippen molar-refractivity contribution in [1.82, 2.24) is 15.1 Å². The van der Waals surface area contributed by atoms with Crippen molar-refractivity contribution in [1.29, 1.82) is 0 Å². The van der Waals surface area contributed by atoms with Gasteiger partial charge in [0.1, 0.15) is 17.2 Å². The maximum atomic E-state index is 12.3. The summed E-state index contributed by atoms with van der Waals surface area (Å²) in [7, 11) is -2.26. The molecular weight excluding hydrogens is 412 g/mol. The lowest BCUT2D eigenvalue weighted by Crippen LogP contribution is -2.30. The van der Waals surface area contributed by atoms with Crippen molar-refractivity contribution in [3.05, 3.63) is 70.3 Å². The Morgan fingerprint density at radius 3 is 2.57 bits per heavy atom. The average molecular weight is 432 g/mol. The van der Waals surface area contributed by atoms with Crippen LogP contribution in [0.25, 0.3) is 11.3 Å². The fourth-order valence-corrected chi connectivity index (χ4v) is 3.12. The second-order valence-corrected chi connectivity index (χ2v) is 7.85. The highest BCUT2D eigenvalue weighted by Gasteiger charge is 2.12. The molecule has 11 heteroatoms. The SMILES string of the molecule is COCCn1nc(C(=O)NCc2ccc(-c3ccc(S(N)(=O)=O)cc3)o2)ccc1=O. The van der Waals surface area contributed by atoms with E-state index >= 15 is 0 Å². The van der Waals surface area contributed by atoms with Crippen molar-refractivity contribution in [2.45, 2.75) is 18.0 Å². The number of amides is 1. The largest absolute Gasteiger partial charge is 0.459 e. The first-order chi connectivity index (χ1) is 14.3. The molecule has 0 fully saturated rings. The molecule has 0 aliphatic carbocycles. The zero-order valence-electron chi connectivity index (χ0n) is 16.1. The van der Waals surface area contributed by atoms with E-state index in [0.717, 1.165) is 4.68 Å². The number of aromatic nitrogens is 2. The monoisotopic (exact) mass is 432 g/mol. The summed E-state index contributed by atoms with van der Waals surface area (Å²) in [5.74, 6) is 0.532. The Balaban J connectivity index is 1.65. The van der Waals surface area contributed by atoms with Crippen molar-refractivity contribution >= 4 is 15.9 Å². The predicted molar refractivity (Wildman–Crippen MR) is 107 cm³/mol. The van der Waals surface area contributed by atoms with Gasteiger partial charge < -0.3 is 14.5 Å². The highest BCUT2D eigenvalue weighted by molar-refractivity contribution is 7.89. The standard InChI is InChI=1S/C19H20N4O6S/c1-28-11-10-23-18(24)9-7-16(22-23)19(25)21-12-14-4-8-17(29-14)13-2-5-15(6-3-13)30(20,26)27/h2-9H,10-12H2,1H3,(H,21,25)(H2,20,26,27). The molecule has 0 atom stereocenters. The highest BCUT2D eigenvalue weighted by Crippen LogP contribution is 2.23. The van der Waals surface area contributed by atoms with Gasteiger partial charge in [-0.15, -0.1) is 0 Å². The molecule has 1 aromatic carbocycles. The zero-order valence-corrected chi connectivity index (χ0v) is 16.9. The molecule has 0 saturated heterocycles. The summed E-state index contributed by atoms with van der Waals surface area (Å²) in [6.07, 6.45) is 0. The summed E-state index contributed by atoms with van der Waals surface area (Å²) in [6.45, 7) is 0.639. The number of sulfonamides is 1. The van der Waals surface area contributed by atoms with Crippen molar-refractivity contribution in [2.24, 2.45) is 5.14 Å². The molecule has 0 radical (unpaired) electrons. The average Bonchev–Trinajstić information content (AvgIpc) is 3.20. The van der Waals surface area contributed by atoms with Crippen LogP contribution in [0.3, 0.4) is 0 Å². The molecule has 0 bridgehead atoms. The van der Waals surface area contributed by atoms with Crippen LogP contribution < -0.4 is 16.0 Å². The maximum Gasteiger partial charge on any atom is 0.272 e. The number of rotatable bonds is 8. The lowest BCUT2D eigenvalue weighted by molar-refractivity contribution is 0.0939. The molecule has 3 aromatic rings. The second-order valence-electron chi connectivity index (χ2n) is 6.29. The third-order valence-electron chi connectivity index (χ3n) is 4.16. The van der Waals surface area contributed by atoms with Crippen LogP contribution >= 0.6 is 0 Å². The van der Waals surface area contributed by atoms with Crippen molar-refractivity contribution in [3.63, 3.8) is 0 Å². The molecular formula is C19H20N4O6S. The number of nitrogens with zero attached hydrogens (tertiary/aromatic N) is 2. The summed E-state index contributed by atoms with van der Waals surface area (Å²) < 4.78 is 34.4. The summed E-state index contributed by atoms with van der Waals surface area (Å²) in [4.78, 5) is 24.1. The van der Waals surface area contributed by atoms with Gasteiger partial charge in [-0.1, -0.05) is 0 Å². The number of carbonyl (C=O) groups excluding carboxylic acids is 1. The topological polar surface area (TPSA) is 147 Å².